The molecule has 0 aliphatic carbocycles. The third-order valence-corrected chi connectivity index (χ3v) is 3.63. The average Bonchev–Trinajstić information content (AvgIpc) is 2.45. The highest BCUT2D eigenvalue weighted by atomic mass is 19.1. The first-order valence-corrected chi connectivity index (χ1v) is 7.15. The number of rotatable bonds is 5. The number of hydrogen-bond acceptors (Lipinski definition) is 1. The SMILES string of the molecule is CC(C)C(N[C@H](C)c1ccccc1F)c1ccccc1. The quantitative estimate of drug-likeness (QED) is 0.817. The maximum atomic E-state index is 13.9. The monoisotopic (exact) mass is 271 g/mol. The lowest BCUT2D eigenvalue weighted by Crippen LogP contribution is -2.28. The minimum absolute atomic E-state index is 0.0243. The van der Waals surface area contributed by atoms with Gasteiger partial charge in [0.1, 0.15) is 5.82 Å². The highest BCUT2D eigenvalue weighted by molar-refractivity contribution is 5.23. The number of halogens is 1. The first kappa shape index (κ1) is 14.7. The van der Waals surface area contributed by atoms with Gasteiger partial charge >= 0.3 is 0 Å². The van der Waals surface area contributed by atoms with Crippen LogP contribution in [0.4, 0.5) is 4.39 Å². The fourth-order valence-electron chi connectivity index (χ4n) is 2.52. The highest BCUT2D eigenvalue weighted by Crippen LogP contribution is 2.26. The third kappa shape index (κ3) is 3.45. The molecule has 0 fully saturated rings. The van der Waals surface area contributed by atoms with Gasteiger partial charge in [-0.15, -0.1) is 0 Å². The minimum atomic E-state index is -0.150. The Labute approximate surface area is 120 Å². The summed E-state index contributed by atoms with van der Waals surface area (Å²) in [6.45, 7) is 6.37. The van der Waals surface area contributed by atoms with Crippen molar-refractivity contribution in [2.75, 3.05) is 0 Å². The van der Waals surface area contributed by atoms with Gasteiger partial charge in [0.2, 0.25) is 0 Å². The second kappa shape index (κ2) is 6.67. The Morgan fingerprint density at radius 3 is 2.05 bits per heavy atom. The molecule has 1 unspecified atom stereocenters. The highest BCUT2D eigenvalue weighted by Gasteiger charge is 2.19. The molecule has 0 radical (unpaired) electrons. The number of nitrogens with one attached hydrogen (secondary N) is 1. The van der Waals surface area contributed by atoms with E-state index in [0.29, 0.717) is 11.5 Å². The molecule has 0 aliphatic rings. The van der Waals surface area contributed by atoms with E-state index >= 15 is 0 Å². The molecule has 0 amide bonds. The van der Waals surface area contributed by atoms with Gasteiger partial charge in [0.15, 0.2) is 0 Å². The Morgan fingerprint density at radius 1 is 0.850 bits per heavy atom. The normalized spacial score (nSPS) is 14.2. The average molecular weight is 271 g/mol. The lowest BCUT2D eigenvalue weighted by Gasteiger charge is -2.27. The van der Waals surface area contributed by atoms with E-state index in [2.05, 4.69) is 31.3 Å². The van der Waals surface area contributed by atoms with Gasteiger partial charge in [0, 0.05) is 17.6 Å². The predicted molar refractivity (Wildman–Crippen MR) is 82.0 cm³/mol. The molecule has 1 N–H and O–H groups in total. The van der Waals surface area contributed by atoms with E-state index in [1.807, 2.05) is 37.3 Å². The van der Waals surface area contributed by atoms with Crippen LogP contribution in [0.25, 0.3) is 0 Å². The van der Waals surface area contributed by atoms with Gasteiger partial charge in [-0.25, -0.2) is 4.39 Å². The maximum Gasteiger partial charge on any atom is 0.127 e. The van der Waals surface area contributed by atoms with Crippen LogP contribution in [0.3, 0.4) is 0 Å². The van der Waals surface area contributed by atoms with Crippen molar-refractivity contribution in [3.63, 3.8) is 0 Å². The molecule has 0 saturated carbocycles. The Bertz CT molecular complexity index is 536. The largest absolute Gasteiger partial charge is 0.303 e. The van der Waals surface area contributed by atoms with E-state index in [4.69, 9.17) is 0 Å². The zero-order valence-corrected chi connectivity index (χ0v) is 12.3. The Hall–Kier alpha value is -1.67. The summed E-state index contributed by atoms with van der Waals surface area (Å²) >= 11 is 0. The second-order valence-corrected chi connectivity index (χ2v) is 5.54. The van der Waals surface area contributed by atoms with E-state index in [0.717, 1.165) is 0 Å². The summed E-state index contributed by atoms with van der Waals surface area (Å²) in [5, 5.41) is 3.55. The van der Waals surface area contributed by atoms with Gasteiger partial charge in [-0.1, -0.05) is 62.4 Å². The van der Waals surface area contributed by atoms with Crippen molar-refractivity contribution in [3.8, 4) is 0 Å². The van der Waals surface area contributed by atoms with E-state index in [1.54, 1.807) is 6.07 Å². The van der Waals surface area contributed by atoms with Crippen LogP contribution in [0.15, 0.2) is 54.6 Å². The summed E-state index contributed by atoms with van der Waals surface area (Å²) < 4.78 is 13.9. The molecule has 0 heterocycles. The first-order chi connectivity index (χ1) is 9.59. The molecular formula is C18H22FN. The Kier molecular flexibility index (Phi) is 4.91. The van der Waals surface area contributed by atoms with Crippen molar-refractivity contribution >= 4 is 0 Å². The molecule has 2 atom stereocenters. The minimum Gasteiger partial charge on any atom is -0.303 e. The second-order valence-electron chi connectivity index (χ2n) is 5.54. The van der Waals surface area contributed by atoms with Crippen LogP contribution in [0.2, 0.25) is 0 Å². The zero-order valence-electron chi connectivity index (χ0n) is 12.3. The summed E-state index contributed by atoms with van der Waals surface area (Å²) in [6, 6.07) is 17.5. The summed E-state index contributed by atoms with van der Waals surface area (Å²) in [7, 11) is 0. The van der Waals surface area contributed by atoms with Gasteiger partial charge in [0.25, 0.3) is 0 Å². The van der Waals surface area contributed by atoms with Gasteiger partial charge < -0.3 is 5.32 Å². The standard InChI is InChI=1S/C18H22FN/c1-13(2)18(15-9-5-4-6-10-15)20-14(3)16-11-7-8-12-17(16)19/h4-14,18,20H,1-3H3/t14-,18?/m1/s1. The molecule has 2 rings (SSSR count). The molecule has 0 aliphatic heterocycles. The molecule has 0 bridgehead atoms. The summed E-state index contributed by atoms with van der Waals surface area (Å²) in [5.41, 5.74) is 1.96. The first-order valence-electron chi connectivity index (χ1n) is 7.15. The molecule has 0 aromatic heterocycles. The van der Waals surface area contributed by atoms with Crippen LogP contribution in [-0.4, -0.2) is 0 Å². The van der Waals surface area contributed by atoms with Crippen LogP contribution >= 0.6 is 0 Å². The van der Waals surface area contributed by atoms with Crippen LogP contribution in [-0.2, 0) is 0 Å². The van der Waals surface area contributed by atoms with Crippen molar-refractivity contribution in [2.45, 2.75) is 32.9 Å². The summed E-state index contributed by atoms with van der Waals surface area (Å²) in [4.78, 5) is 0. The topological polar surface area (TPSA) is 12.0 Å². The maximum absolute atomic E-state index is 13.9. The lowest BCUT2D eigenvalue weighted by molar-refractivity contribution is 0.369. The van der Waals surface area contributed by atoms with Crippen LogP contribution in [0.1, 0.15) is 44.0 Å². The molecule has 2 aromatic rings. The molecule has 2 aromatic carbocycles. The molecule has 20 heavy (non-hydrogen) atoms. The summed E-state index contributed by atoms with van der Waals surface area (Å²) in [6.07, 6.45) is 0. The van der Waals surface area contributed by atoms with Crippen molar-refractivity contribution in [3.05, 3.63) is 71.5 Å². The van der Waals surface area contributed by atoms with Crippen molar-refractivity contribution in [1.82, 2.24) is 5.32 Å². The van der Waals surface area contributed by atoms with Crippen molar-refractivity contribution in [1.29, 1.82) is 0 Å². The lowest BCUT2D eigenvalue weighted by atomic mass is 9.94. The van der Waals surface area contributed by atoms with E-state index in [9.17, 15) is 4.39 Å². The Morgan fingerprint density at radius 2 is 1.45 bits per heavy atom. The molecule has 106 valence electrons. The van der Waals surface area contributed by atoms with Crippen LogP contribution < -0.4 is 5.32 Å². The molecule has 2 heteroatoms. The molecular weight excluding hydrogens is 249 g/mol. The molecule has 0 spiro atoms. The molecule has 1 nitrogen and oxygen atoms in total. The van der Waals surface area contributed by atoms with Crippen molar-refractivity contribution < 1.29 is 4.39 Å². The van der Waals surface area contributed by atoms with Gasteiger partial charge in [0.05, 0.1) is 0 Å². The number of benzene rings is 2. The van der Waals surface area contributed by atoms with Gasteiger partial charge in [-0.3, -0.25) is 0 Å². The third-order valence-electron chi connectivity index (χ3n) is 3.63. The zero-order chi connectivity index (χ0) is 14.5. The smallest absolute Gasteiger partial charge is 0.127 e. The Balaban J connectivity index is 2.19. The summed E-state index contributed by atoms with van der Waals surface area (Å²) in [5.74, 6) is 0.287. The van der Waals surface area contributed by atoms with Crippen LogP contribution in [0.5, 0.6) is 0 Å². The van der Waals surface area contributed by atoms with E-state index in [1.165, 1.54) is 11.6 Å². The van der Waals surface area contributed by atoms with Gasteiger partial charge in [-0.05, 0) is 24.5 Å². The van der Waals surface area contributed by atoms with Crippen LogP contribution in [0, 0.1) is 11.7 Å². The van der Waals surface area contributed by atoms with E-state index < -0.39 is 0 Å². The fraction of sp³-hybridized carbons (Fsp3) is 0.333. The molecule has 0 saturated heterocycles. The fourth-order valence-corrected chi connectivity index (χ4v) is 2.52. The van der Waals surface area contributed by atoms with Gasteiger partial charge in [-0.2, -0.15) is 0 Å². The van der Waals surface area contributed by atoms with Crippen molar-refractivity contribution in [2.24, 2.45) is 5.92 Å². The van der Waals surface area contributed by atoms with E-state index in [-0.39, 0.29) is 17.9 Å². The predicted octanol–water partition coefficient (Wildman–Crippen LogP) is 4.87. The number of hydrogen-bond donors (Lipinski definition) is 1.